The van der Waals surface area contributed by atoms with Crippen LogP contribution in [0.25, 0.3) is 0 Å². The molecule has 0 aliphatic heterocycles. The summed E-state index contributed by atoms with van der Waals surface area (Å²) >= 11 is 1.47. The first-order valence-corrected chi connectivity index (χ1v) is 7.78. The van der Waals surface area contributed by atoms with Crippen LogP contribution < -0.4 is 5.56 Å². The first-order valence-electron chi connectivity index (χ1n) is 6.79. The third-order valence-electron chi connectivity index (χ3n) is 3.01. The molecule has 0 bridgehead atoms. The predicted octanol–water partition coefficient (Wildman–Crippen LogP) is 1.86. The Bertz CT molecular complexity index is 444. The minimum atomic E-state index is -0.223. The lowest BCUT2D eigenvalue weighted by atomic mass is 10.2. The molecular weight excluding hydrogens is 262 g/mol. The van der Waals surface area contributed by atoms with Crippen LogP contribution in [0.5, 0.6) is 5.88 Å². The summed E-state index contributed by atoms with van der Waals surface area (Å²) in [6, 6.07) is 0. The van der Waals surface area contributed by atoms with Crippen molar-refractivity contribution < 1.29 is 5.11 Å². The monoisotopic (exact) mass is 285 g/mol. The fraction of sp³-hybridized carbons (Fsp3) is 0.692. The van der Waals surface area contributed by atoms with E-state index in [1.807, 2.05) is 6.92 Å². The van der Waals surface area contributed by atoms with Crippen molar-refractivity contribution in [2.45, 2.75) is 38.8 Å². The molecule has 1 rings (SSSR count). The summed E-state index contributed by atoms with van der Waals surface area (Å²) in [7, 11) is 0. The lowest BCUT2D eigenvalue weighted by Gasteiger charge is -2.17. The van der Waals surface area contributed by atoms with E-state index in [1.54, 1.807) is 0 Å². The molecule has 0 unspecified atom stereocenters. The highest BCUT2D eigenvalue weighted by molar-refractivity contribution is 7.99. The summed E-state index contributed by atoms with van der Waals surface area (Å²) in [5, 5.41) is 10.2. The van der Waals surface area contributed by atoms with E-state index >= 15 is 0 Å². The van der Waals surface area contributed by atoms with Crippen LogP contribution >= 0.6 is 11.8 Å². The molecule has 0 radical (unpaired) electrons. The number of H-pyrrole nitrogens is 1. The van der Waals surface area contributed by atoms with Gasteiger partial charge in [0.05, 0.1) is 5.56 Å². The molecule has 0 aliphatic carbocycles. The fourth-order valence-electron chi connectivity index (χ4n) is 1.82. The molecule has 108 valence electrons. The summed E-state index contributed by atoms with van der Waals surface area (Å²) in [6.45, 7) is 9.19. The lowest BCUT2D eigenvalue weighted by molar-refractivity contribution is 0.324. The number of rotatable bonds is 8. The molecule has 5 nitrogen and oxygen atoms in total. The van der Waals surface area contributed by atoms with Crippen LogP contribution in [0.4, 0.5) is 0 Å². The topological polar surface area (TPSA) is 69.2 Å². The van der Waals surface area contributed by atoms with Crippen LogP contribution in [0.1, 0.15) is 32.8 Å². The van der Waals surface area contributed by atoms with E-state index in [2.05, 4.69) is 28.7 Å². The molecule has 0 aliphatic rings. The Morgan fingerprint density at radius 3 is 2.53 bits per heavy atom. The van der Waals surface area contributed by atoms with Crippen molar-refractivity contribution in [3.8, 4) is 5.88 Å². The van der Waals surface area contributed by atoms with Gasteiger partial charge in [-0.2, -0.15) is 4.98 Å². The molecule has 0 saturated heterocycles. The number of hydrogen-bond acceptors (Lipinski definition) is 5. The highest BCUT2D eigenvalue weighted by Gasteiger charge is 2.10. The van der Waals surface area contributed by atoms with Crippen molar-refractivity contribution in [3.05, 3.63) is 15.9 Å². The Hall–Kier alpha value is -1.01. The van der Waals surface area contributed by atoms with E-state index in [4.69, 9.17) is 0 Å². The summed E-state index contributed by atoms with van der Waals surface area (Å²) < 4.78 is 0. The Balaban J connectivity index is 2.63. The van der Waals surface area contributed by atoms with Gasteiger partial charge in [0, 0.05) is 12.3 Å². The van der Waals surface area contributed by atoms with Crippen molar-refractivity contribution in [1.29, 1.82) is 0 Å². The van der Waals surface area contributed by atoms with E-state index < -0.39 is 0 Å². The molecule has 1 aromatic heterocycles. The van der Waals surface area contributed by atoms with Crippen LogP contribution in [0.3, 0.4) is 0 Å². The standard InChI is InChI=1S/C13H23N3O2S/c1-4-7-10-11(17)14-13(15-12(10)18)19-9-8-16(5-2)6-3/h4-9H2,1-3H3,(H2,14,15,17,18). The normalized spacial score (nSPS) is 11.2. The third-order valence-corrected chi connectivity index (χ3v) is 3.87. The van der Waals surface area contributed by atoms with Crippen molar-refractivity contribution in [1.82, 2.24) is 14.9 Å². The van der Waals surface area contributed by atoms with Gasteiger partial charge in [0.25, 0.3) is 5.56 Å². The molecule has 0 atom stereocenters. The zero-order valence-corrected chi connectivity index (χ0v) is 12.7. The van der Waals surface area contributed by atoms with Gasteiger partial charge in [-0.15, -0.1) is 0 Å². The van der Waals surface area contributed by atoms with Crippen LogP contribution in [0.2, 0.25) is 0 Å². The molecule has 0 aromatic carbocycles. The van der Waals surface area contributed by atoms with Gasteiger partial charge in [0.1, 0.15) is 0 Å². The second kappa shape index (κ2) is 8.22. The first kappa shape index (κ1) is 16.0. The number of aromatic nitrogens is 2. The molecule has 0 saturated carbocycles. The van der Waals surface area contributed by atoms with Gasteiger partial charge in [-0.3, -0.25) is 4.79 Å². The van der Waals surface area contributed by atoms with Gasteiger partial charge in [-0.05, 0) is 19.5 Å². The SMILES string of the molecule is CCCc1c(O)nc(SCCN(CC)CC)[nH]c1=O. The maximum atomic E-state index is 11.8. The van der Waals surface area contributed by atoms with Crippen molar-refractivity contribution in [3.63, 3.8) is 0 Å². The molecule has 0 fully saturated rings. The van der Waals surface area contributed by atoms with E-state index in [0.29, 0.717) is 17.1 Å². The summed E-state index contributed by atoms with van der Waals surface area (Å²) in [5.41, 5.74) is 0.162. The van der Waals surface area contributed by atoms with Gasteiger partial charge in [-0.1, -0.05) is 39.0 Å². The van der Waals surface area contributed by atoms with E-state index in [1.165, 1.54) is 11.8 Å². The quantitative estimate of drug-likeness (QED) is 0.563. The Labute approximate surface area is 118 Å². The average Bonchev–Trinajstić information content (AvgIpc) is 2.39. The number of aromatic amines is 1. The maximum Gasteiger partial charge on any atom is 0.258 e. The highest BCUT2D eigenvalue weighted by Crippen LogP contribution is 2.17. The number of aromatic hydroxyl groups is 1. The molecule has 0 spiro atoms. The second-order valence-corrected chi connectivity index (χ2v) is 5.38. The summed E-state index contributed by atoms with van der Waals surface area (Å²) in [6.07, 6.45) is 1.37. The van der Waals surface area contributed by atoms with Crippen LogP contribution in [-0.2, 0) is 6.42 Å². The Morgan fingerprint density at radius 1 is 1.32 bits per heavy atom. The Kier molecular flexibility index (Phi) is 6.94. The molecule has 6 heteroatoms. The van der Waals surface area contributed by atoms with Gasteiger partial charge >= 0.3 is 0 Å². The van der Waals surface area contributed by atoms with E-state index in [9.17, 15) is 9.90 Å². The number of nitrogens with zero attached hydrogens (tertiary/aromatic N) is 2. The third kappa shape index (κ3) is 4.87. The second-order valence-electron chi connectivity index (χ2n) is 4.30. The largest absolute Gasteiger partial charge is 0.493 e. The first-order chi connectivity index (χ1) is 9.12. The van der Waals surface area contributed by atoms with Crippen LogP contribution in [0, 0.1) is 0 Å². The zero-order valence-electron chi connectivity index (χ0n) is 11.9. The molecule has 1 heterocycles. The minimum Gasteiger partial charge on any atom is -0.493 e. The molecule has 19 heavy (non-hydrogen) atoms. The predicted molar refractivity (Wildman–Crippen MR) is 79.0 cm³/mol. The average molecular weight is 285 g/mol. The maximum absolute atomic E-state index is 11.8. The number of nitrogens with one attached hydrogen (secondary N) is 1. The summed E-state index contributed by atoms with van der Waals surface area (Å²) in [4.78, 5) is 20.9. The van der Waals surface area contributed by atoms with E-state index in [-0.39, 0.29) is 11.4 Å². The van der Waals surface area contributed by atoms with Gasteiger partial charge in [0.15, 0.2) is 5.16 Å². The molecular formula is C13H23N3O2S. The van der Waals surface area contributed by atoms with Crippen LogP contribution in [0.15, 0.2) is 9.95 Å². The minimum absolute atomic E-state index is 0.129. The van der Waals surface area contributed by atoms with Crippen molar-refractivity contribution in [2.75, 3.05) is 25.4 Å². The van der Waals surface area contributed by atoms with Gasteiger partial charge < -0.3 is 15.0 Å². The van der Waals surface area contributed by atoms with E-state index in [0.717, 1.165) is 31.8 Å². The smallest absolute Gasteiger partial charge is 0.258 e. The molecule has 0 amide bonds. The van der Waals surface area contributed by atoms with Crippen LogP contribution in [-0.4, -0.2) is 45.4 Å². The van der Waals surface area contributed by atoms with Crippen molar-refractivity contribution >= 4 is 11.8 Å². The number of thioether (sulfide) groups is 1. The molecule has 2 N–H and O–H groups in total. The lowest BCUT2D eigenvalue weighted by Crippen LogP contribution is -2.25. The summed E-state index contributed by atoms with van der Waals surface area (Å²) in [5.74, 6) is 0.716. The number of hydrogen-bond donors (Lipinski definition) is 2. The Morgan fingerprint density at radius 2 is 2.00 bits per heavy atom. The fourth-order valence-corrected chi connectivity index (χ4v) is 2.68. The van der Waals surface area contributed by atoms with Gasteiger partial charge in [0.2, 0.25) is 5.88 Å². The van der Waals surface area contributed by atoms with Gasteiger partial charge in [-0.25, -0.2) is 0 Å². The molecule has 1 aromatic rings. The zero-order chi connectivity index (χ0) is 14.3. The highest BCUT2D eigenvalue weighted by atomic mass is 32.2. The van der Waals surface area contributed by atoms with Crippen molar-refractivity contribution in [2.24, 2.45) is 0 Å².